The highest BCUT2D eigenvalue weighted by atomic mass is 32.2. The molecule has 1 aliphatic heterocycles. The van der Waals surface area contributed by atoms with Gasteiger partial charge in [0.15, 0.2) is 5.96 Å². The van der Waals surface area contributed by atoms with Crippen molar-refractivity contribution >= 4 is 38.7 Å². The molecular weight excluding hydrogens is 416 g/mol. The smallest absolute Gasteiger partial charge is 0.252 e. The summed E-state index contributed by atoms with van der Waals surface area (Å²) in [6.45, 7) is 3.13. The van der Waals surface area contributed by atoms with Gasteiger partial charge in [0.25, 0.3) is 10.0 Å². The zero-order chi connectivity index (χ0) is 20.0. The lowest BCUT2D eigenvalue weighted by molar-refractivity contribution is 0.0731. The maximum Gasteiger partial charge on any atom is 0.252 e. The van der Waals surface area contributed by atoms with Crippen LogP contribution in [0.1, 0.15) is 9.75 Å². The van der Waals surface area contributed by atoms with E-state index in [4.69, 9.17) is 4.74 Å². The van der Waals surface area contributed by atoms with Gasteiger partial charge in [0.1, 0.15) is 4.21 Å². The van der Waals surface area contributed by atoms with Crippen LogP contribution in [-0.2, 0) is 27.7 Å². The topological polar surface area (TPSA) is 74.2 Å². The Morgan fingerprint density at radius 1 is 1.29 bits per heavy atom. The number of hydrogen-bond donors (Lipinski definition) is 1. The fourth-order valence-electron chi connectivity index (χ4n) is 2.90. The molecule has 1 N–H and O–H groups in total. The Balaban J connectivity index is 1.55. The summed E-state index contributed by atoms with van der Waals surface area (Å²) in [7, 11) is 0.331. The van der Waals surface area contributed by atoms with E-state index in [0.717, 1.165) is 23.8 Å². The van der Waals surface area contributed by atoms with Gasteiger partial charge >= 0.3 is 0 Å². The summed E-state index contributed by atoms with van der Waals surface area (Å²) in [5.74, 6) is 0.794. The highest BCUT2D eigenvalue weighted by Gasteiger charge is 2.27. The maximum atomic E-state index is 12.7. The van der Waals surface area contributed by atoms with E-state index >= 15 is 0 Å². The van der Waals surface area contributed by atoms with Crippen LogP contribution in [0, 0.1) is 0 Å². The molecule has 0 atom stereocenters. The number of sulfonamides is 1. The molecule has 0 aromatic carbocycles. The van der Waals surface area contributed by atoms with Crippen LogP contribution in [-0.4, -0.2) is 70.5 Å². The summed E-state index contributed by atoms with van der Waals surface area (Å²) < 4.78 is 32.6. The van der Waals surface area contributed by atoms with Crippen molar-refractivity contribution in [2.75, 3.05) is 46.9 Å². The first-order valence-corrected chi connectivity index (χ1v) is 12.2. The van der Waals surface area contributed by atoms with E-state index in [1.807, 2.05) is 13.1 Å². The highest BCUT2D eigenvalue weighted by Crippen LogP contribution is 2.25. The van der Waals surface area contributed by atoms with E-state index in [0.29, 0.717) is 37.1 Å². The number of nitrogens with zero attached hydrogens (tertiary/aromatic N) is 3. The molecular formula is C18H26N4O3S3. The van der Waals surface area contributed by atoms with E-state index in [1.54, 1.807) is 24.5 Å². The third-order valence-corrected chi connectivity index (χ3v) is 8.86. The number of thiophene rings is 2. The number of hydrogen-bond acceptors (Lipinski definition) is 6. The molecule has 7 nitrogen and oxygen atoms in total. The van der Waals surface area contributed by atoms with Gasteiger partial charge in [0.05, 0.1) is 19.8 Å². The molecule has 154 valence electrons. The number of morpholine rings is 1. The van der Waals surface area contributed by atoms with Crippen LogP contribution < -0.4 is 5.32 Å². The van der Waals surface area contributed by atoms with Crippen molar-refractivity contribution in [3.05, 3.63) is 39.4 Å². The first-order valence-electron chi connectivity index (χ1n) is 9.11. The van der Waals surface area contributed by atoms with E-state index in [1.165, 1.54) is 20.5 Å². The molecule has 1 saturated heterocycles. The fraction of sp³-hybridized carbons (Fsp3) is 0.500. The van der Waals surface area contributed by atoms with E-state index in [2.05, 4.69) is 32.7 Å². The van der Waals surface area contributed by atoms with Gasteiger partial charge in [-0.15, -0.1) is 22.7 Å². The number of rotatable bonds is 7. The lowest BCUT2D eigenvalue weighted by Crippen LogP contribution is -2.40. The molecule has 0 radical (unpaired) electrons. The van der Waals surface area contributed by atoms with Crippen LogP contribution in [0.2, 0.25) is 0 Å². The third-order valence-electron chi connectivity index (χ3n) is 4.47. The molecule has 3 rings (SSSR count). The largest absolute Gasteiger partial charge is 0.379 e. The second kappa shape index (κ2) is 9.84. The minimum absolute atomic E-state index is 0.382. The Bertz CT molecular complexity index is 872. The first kappa shape index (κ1) is 21.3. The molecule has 0 spiro atoms. The van der Waals surface area contributed by atoms with Crippen LogP contribution in [0.15, 0.2) is 38.8 Å². The van der Waals surface area contributed by atoms with Crippen LogP contribution in [0.3, 0.4) is 0 Å². The second-order valence-electron chi connectivity index (χ2n) is 6.39. The molecule has 0 aliphatic carbocycles. The monoisotopic (exact) mass is 442 g/mol. The molecule has 0 unspecified atom stereocenters. The van der Waals surface area contributed by atoms with Crippen molar-refractivity contribution in [2.24, 2.45) is 4.99 Å². The summed E-state index contributed by atoms with van der Waals surface area (Å²) in [4.78, 5) is 8.72. The summed E-state index contributed by atoms with van der Waals surface area (Å²) in [6, 6.07) is 7.75. The Hall–Kier alpha value is -1.46. The van der Waals surface area contributed by atoms with Gasteiger partial charge in [0.2, 0.25) is 0 Å². The lowest BCUT2D eigenvalue weighted by atomic mass is 10.3. The molecule has 0 bridgehead atoms. The standard InChI is InChI=1S/C18H26N4O3S3/c1-19-18(21(2)8-7-15-4-3-13-26-15)20-14-16-5-6-17(27-16)28(23,24)22-9-11-25-12-10-22/h3-6,13H,7-12,14H2,1-2H3,(H,19,20). The van der Waals surface area contributed by atoms with Crippen molar-refractivity contribution in [1.29, 1.82) is 0 Å². The van der Waals surface area contributed by atoms with Crippen molar-refractivity contribution in [1.82, 2.24) is 14.5 Å². The minimum Gasteiger partial charge on any atom is -0.379 e. The Morgan fingerprint density at radius 3 is 2.75 bits per heavy atom. The summed E-state index contributed by atoms with van der Waals surface area (Å²) >= 11 is 3.06. The average molecular weight is 443 g/mol. The molecule has 3 heterocycles. The predicted octanol–water partition coefficient (Wildman–Crippen LogP) is 2.08. The van der Waals surface area contributed by atoms with Gasteiger partial charge in [-0.1, -0.05) is 6.07 Å². The zero-order valence-electron chi connectivity index (χ0n) is 16.1. The molecule has 28 heavy (non-hydrogen) atoms. The van der Waals surface area contributed by atoms with Crippen molar-refractivity contribution < 1.29 is 13.2 Å². The molecule has 1 aliphatic rings. The molecule has 2 aromatic heterocycles. The van der Waals surface area contributed by atoms with Crippen LogP contribution >= 0.6 is 22.7 Å². The third kappa shape index (κ3) is 5.32. The van der Waals surface area contributed by atoms with E-state index in [-0.39, 0.29) is 0 Å². The van der Waals surface area contributed by atoms with Crippen LogP contribution in [0.25, 0.3) is 0 Å². The molecule has 0 saturated carbocycles. The lowest BCUT2D eigenvalue weighted by Gasteiger charge is -2.25. The molecule has 10 heteroatoms. The molecule has 1 fully saturated rings. The van der Waals surface area contributed by atoms with E-state index < -0.39 is 10.0 Å². The number of ether oxygens (including phenoxy) is 1. The quantitative estimate of drug-likeness (QED) is 0.525. The Morgan fingerprint density at radius 2 is 2.07 bits per heavy atom. The molecule has 2 aromatic rings. The minimum atomic E-state index is -3.43. The van der Waals surface area contributed by atoms with Crippen LogP contribution in [0.4, 0.5) is 0 Å². The van der Waals surface area contributed by atoms with Gasteiger partial charge in [-0.05, 0) is 30.0 Å². The first-order chi connectivity index (χ1) is 13.5. The van der Waals surface area contributed by atoms with Gasteiger partial charge in [-0.3, -0.25) is 4.99 Å². The van der Waals surface area contributed by atoms with Crippen molar-refractivity contribution in [3.8, 4) is 0 Å². The summed E-state index contributed by atoms with van der Waals surface area (Å²) in [6.07, 6.45) is 0.968. The second-order valence-corrected chi connectivity index (χ2v) is 10.8. The van der Waals surface area contributed by atoms with Gasteiger partial charge < -0.3 is 15.0 Å². The van der Waals surface area contributed by atoms with Crippen molar-refractivity contribution in [2.45, 2.75) is 17.2 Å². The van der Waals surface area contributed by atoms with Crippen molar-refractivity contribution in [3.63, 3.8) is 0 Å². The zero-order valence-corrected chi connectivity index (χ0v) is 18.6. The summed E-state index contributed by atoms with van der Waals surface area (Å²) in [5.41, 5.74) is 0. The van der Waals surface area contributed by atoms with E-state index in [9.17, 15) is 8.42 Å². The Labute approximate surface area is 174 Å². The summed E-state index contributed by atoms with van der Waals surface area (Å²) in [5, 5.41) is 5.41. The predicted molar refractivity (Wildman–Crippen MR) is 115 cm³/mol. The highest BCUT2D eigenvalue weighted by molar-refractivity contribution is 7.91. The number of likely N-dealkylation sites (N-methyl/N-ethyl adjacent to an activating group) is 1. The fourth-order valence-corrected chi connectivity index (χ4v) is 6.45. The van der Waals surface area contributed by atoms with Gasteiger partial charge in [0, 0.05) is 43.5 Å². The average Bonchev–Trinajstić information content (AvgIpc) is 3.40. The molecule has 0 amide bonds. The Kier molecular flexibility index (Phi) is 7.47. The van der Waals surface area contributed by atoms with Gasteiger partial charge in [-0.2, -0.15) is 4.31 Å². The SMILES string of the molecule is CN=C(NCc1ccc(S(=O)(=O)N2CCOCC2)s1)N(C)CCc1cccs1. The maximum absolute atomic E-state index is 12.7. The normalized spacial score (nSPS) is 16.3. The number of nitrogens with one attached hydrogen (secondary N) is 1. The number of aliphatic imine (C=N–C) groups is 1. The van der Waals surface area contributed by atoms with Gasteiger partial charge in [-0.25, -0.2) is 8.42 Å². The van der Waals surface area contributed by atoms with Crippen LogP contribution in [0.5, 0.6) is 0 Å². The number of guanidine groups is 1.